The molecule has 18 heavy (non-hydrogen) atoms. The molecule has 0 saturated carbocycles. The van der Waals surface area contributed by atoms with Crippen LogP contribution in [-0.4, -0.2) is 5.11 Å². The summed E-state index contributed by atoms with van der Waals surface area (Å²) in [5.41, 5.74) is 1.30. The van der Waals surface area contributed by atoms with Crippen LogP contribution in [0.25, 0.3) is 0 Å². The Bertz CT molecular complexity index is 570. The standard InChI is InChI=1S/C14H12ClFO2/c1-9-6-12(3-4-13(9)15)18-14-5-2-11(16)7-10(14)8-17/h2-7,17H,8H2,1H3. The molecular weight excluding hydrogens is 255 g/mol. The molecule has 0 aliphatic heterocycles. The molecule has 1 N–H and O–H groups in total. The van der Waals surface area contributed by atoms with Crippen molar-refractivity contribution in [2.75, 3.05) is 0 Å². The third kappa shape index (κ3) is 2.81. The average Bonchev–Trinajstić information content (AvgIpc) is 2.36. The van der Waals surface area contributed by atoms with Gasteiger partial charge in [-0.15, -0.1) is 0 Å². The minimum atomic E-state index is -0.404. The van der Waals surface area contributed by atoms with Crippen molar-refractivity contribution in [3.63, 3.8) is 0 Å². The Hall–Kier alpha value is -1.58. The van der Waals surface area contributed by atoms with Crippen molar-refractivity contribution in [1.82, 2.24) is 0 Å². The van der Waals surface area contributed by atoms with E-state index in [2.05, 4.69) is 0 Å². The smallest absolute Gasteiger partial charge is 0.133 e. The van der Waals surface area contributed by atoms with Crippen LogP contribution in [-0.2, 0) is 6.61 Å². The first-order chi connectivity index (χ1) is 8.60. The van der Waals surface area contributed by atoms with E-state index in [9.17, 15) is 4.39 Å². The molecule has 2 rings (SSSR count). The number of aliphatic hydroxyl groups is 1. The lowest BCUT2D eigenvalue weighted by molar-refractivity contribution is 0.276. The van der Waals surface area contributed by atoms with Crippen LogP contribution in [0.4, 0.5) is 4.39 Å². The molecule has 0 heterocycles. The van der Waals surface area contributed by atoms with Crippen LogP contribution in [0.2, 0.25) is 5.02 Å². The third-order valence-electron chi connectivity index (χ3n) is 2.55. The number of ether oxygens (including phenoxy) is 1. The second kappa shape index (κ2) is 5.38. The molecular formula is C14H12ClFO2. The quantitative estimate of drug-likeness (QED) is 0.907. The first kappa shape index (κ1) is 12.9. The van der Waals surface area contributed by atoms with E-state index in [0.717, 1.165) is 5.56 Å². The number of aliphatic hydroxyl groups excluding tert-OH is 1. The highest BCUT2D eigenvalue weighted by Crippen LogP contribution is 2.28. The van der Waals surface area contributed by atoms with Gasteiger partial charge in [-0.1, -0.05) is 11.6 Å². The van der Waals surface area contributed by atoms with Gasteiger partial charge in [-0.3, -0.25) is 0 Å². The zero-order chi connectivity index (χ0) is 13.1. The molecule has 2 nitrogen and oxygen atoms in total. The van der Waals surface area contributed by atoms with Crippen molar-refractivity contribution < 1.29 is 14.2 Å². The predicted molar refractivity (Wildman–Crippen MR) is 68.6 cm³/mol. The summed E-state index contributed by atoms with van der Waals surface area (Å²) in [5.74, 6) is 0.623. The van der Waals surface area contributed by atoms with Crippen LogP contribution < -0.4 is 4.74 Å². The molecule has 0 unspecified atom stereocenters. The molecule has 0 aliphatic carbocycles. The SMILES string of the molecule is Cc1cc(Oc2ccc(F)cc2CO)ccc1Cl. The van der Waals surface area contributed by atoms with Gasteiger partial charge in [-0.05, 0) is 48.9 Å². The van der Waals surface area contributed by atoms with Gasteiger partial charge in [0.15, 0.2) is 0 Å². The fourth-order valence-corrected chi connectivity index (χ4v) is 1.70. The highest BCUT2D eigenvalue weighted by atomic mass is 35.5. The highest BCUT2D eigenvalue weighted by molar-refractivity contribution is 6.31. The summed E-state index contributed by atoms with van der Waals surface area (Å²) < 4.78 is 18.6. The molecule has 4 heteroatoms. The van der Waals surface area contributed by atoms with E-state index in [1.54, 1.807) is 18.2 Å². The number of aryl methyl sites for hydroxylation is 1. The van der Waals surface area contributed by atoms with Crippen molar-refractivity contribution in [3.8, 4) is 11.5 Å². The zero-order valence-electron chi connectivity index (χ0n) is 9.78. The molecule has 0 radical (unpaired) electrons. The van der Waals surface area contributed by atoms with Crippen molar-refractivity contribution in [3.05, 3.63) is 58.4 Å². The number of rotatable bonds is 3. The van der Waals surface area contributed by atoms with E-state index in [4.69, 9.17) is 21.4 Å². The molecule has 0 saturated heterocycles. The Morgan fingerprint density at radius 1 is 1.22 bits per heavy atom. The van der Waals surface area contributed by atoms with E-state index in [0.29, 0.717) is 22.1 Å². The first-order valence-corrected chi connectivity index (χ1v) is 5.81. The number of benzene rings is 2. The molecule has 2 aromatic rings. The van der Waals surface area contributed by atoms with Crippen LogP contribution in [0.15, 0.2) is 36.4 Å². The molecule has 0 bridgehead atoms. The molecule has 0 fully saturated rings. The molecule has 2 aromatic carbocycles. The van der Waals surface area contributed by atoms with Gasteiger partial charge < -0.3 is 9.84 Å². The maximum atomic E-state index is 13.0. The fourth-order valence-electron chi connectivity index (χ4n) is 1.58. The molecule has 0 aromatic heterocycles. The van der Waals surface area contributed by atoms with Gasteiger partial charge in [0, 0.05) is 10.6 Å². The summed E-state index contributed by atoms with van der Waals surface area (Å²) in [4.78, 5) is 0. The van der Waals surface area contributed by atoms with Gasteiger partial charge in [0.1, 0.15) is 17.3 Å². The summed E-state index contributed by atoms with van der Waals surface area (Å²) >= 11 is 5.92. The third-order valence-corrected chi connectivity index (χ3v) is 2.97. The largest absolute Gasteiger partial charge is 0.457 e. The second-order valence-corrected chi connectivity index (χ2v) is 4.33. The van der Waals surface area contributed by atoms with Gasteiger partial charge in [-0.2, -0.15) is 0 Å². The summed E-state index contributed by atoms with van der Waals surface area (Å²) in [6.07, 6.45) is 0. The predicted octanol–water partition coefficient (Wildman–Crippen LogP) is 4.07. The van der Waals surface area contributed by atoms with Crippen molar-refractivity contribution in [2.24, 2.45) is 0 Å². The molecule has 94 valence electrons. The molecule has 0 aliphatic rings. The average molecular weight is 267 g/mol. The van der Waals surface area contributed by atoms with Crippen molar-refractivity contribution >= 4 is 11.6 Å². The van der Waals surface area contributed by atoms with Crippen LogP contribution in [0.1, 0.15) is 11.1 Å². The van der Waals surface area contributed by atoms with Crippen LogP contribution in [0.5, 0.6) is 11.5 Å². The van der Waals surface area contributed by atoms with E-state index in [1.807, 2.05) is 6.92 Å². The number of halogens is 2. The van der Waals surface area contributed by atoms with Crippen molar-refractivity contribution in [1.29, 1.82) is 0 Å². The summed E-state index contributed by atoms with van der Waals surface area (Å²) in [6, 6.07) is 9.27. The van der Waals surface area contributed by atoms with Gasteiger partial charge in [0.25, 0.3) is 0 Å². The lowest BCUT2D eigenvalue weighted by atomic mass is 10.2. The molecule has 0 atom stereocenters. The first-order valence-electron chi connectivity index (χ1n) is 5.43. The van der Waals surface area contributed by atoms with Crippen LogP contribution in [0.3, 0.4) is 0 Å². The van der Waals surface area contributed by atoms with Gasteiger partial charge in [-0.25, -0.2) is 4.39 Å². The molecule has 0 amide bonds. The Morgan fingerprint density at radius 3 is 2.67 bits per heavy atom. The number of hydrogen-bond acceptors (Lipinski definition) is 2. The Kier molecular flexibility index (Phi) is 3.84. The highest BCUT2D eigenvalue weighted by Gasteiger charge is 2.06. The van der Waals surface area contributed by atoms with E-state index < -0.39 is 5.82 Å². The summed E-state index contributed by atoms with van der Waals surface area (Å²) in [6.45, 7) is 1.59. The zero-order valence-corrected chi connectivity index (χ0v) is 10.5. The monoisotopic (exact) mass is 266 g/mol. The van der Waals surface area contributed by atoms with Gasteiger partial charge in [0.2, 0.25) is 0 Å². The van der Waals surface area contributed by atoms with E-state index >= 15 is 0 Å². The van der Waals surface area contributed by atoms with Crippen LogP contribution >= 0.6 is 11.6 Å². The second-order valence-electron chi connectivity index (χ2n) is 3.92. The Morgan fingerprint density at radius 2 is 2.00 bits per heavy atom. The van der Waals surface area contributed by atoms with E-state index in [1.165, 1.54) is 18.2 Å². The lowest BCUT2D eigenvalue weighted by Crippen LogP contribution is -1.93. The minimum Gasteiger partial charge on any atom is -0.457 e. The van der Waals surface area contributed by atoms with Gasteiger partial charge in [0.05, 0.1) is 6.61 Å². The summed E-state index contributed by atoms with van der Waals surface area (Å²) in [5, 5.41) is 9.81. The summed E-state index contributed by atoms with van der Waals surface area (Å²) in [7, 11) is 0. The Balaban J connectivity index is 2.30. The Labute approximate surface area is 110 Å². The maximum Gasteiger partial charge on any atom is 0.133 e. The van der Waals surface area contributed by atoms with Gasteiger partial charge >= 0.3 is 0 Å². The number of hydrogen-bond donors (Lipinski definition) is 1. The topological polar surface area (TPSA) is 29.5 Å². The minimum absolute atomic E-state index is 0.278. The maximum absolute atomic E-state index is 13.0. The van der Waals surface area contributed by atoms with E-state index in [-0.39, 0.29) is 6.61 Å². The van der Waals surface area contributed by atoms with Crippen molar-refractivity contribution in [2.45, 2.75) is 13.5 Å². The van der Waals surface area contributed by atoms with Crippen LogP contribution in [0, 0.1) is 12.7 Å². The lowest BCUT2D eigenvalue weighted by Gasteiger charge is -2.10. The molecule has 0 spiro atoms. The normalized spacial score (nSPS) is 10.4. The fraction of sp³-hybridized carbons (Fsp3) is 0.143.